The van der Waals surface area contributed by atoms with Crippen LogP contribution in [0.1, 0.15) is 5.82 Å². The number of nitrogens with zero attached hydrogens (tertiary/aromatic N) is 2. The van der Waals surface area contributed by atoms with E-state index in [2.05, 4.69) is 15.6 Å². The van der Waals surface area contributed by atoms with Gasteiger partial charge in [0.2, 0.25) is 0 Å². The molecular weight excluding hydrogens is 216 g/mol. The van der Waals surface area contributed by atoms with E-state index in [9.17, 15) is 4.79 Å². The third kappa shape index (κ3) is 3.07. The number of hydrogen-bond acceptors (Lipinski definition) is 2. The Morgan fingerprint density at radius 1 is 1.35 bits per heavy atom. The zero-order valence-electron chi connectivity index (χ0n) is 9.55. The second-order valence-electron chi connectivity index (χ2n) is 3.63. The van der Waals surface area contributed by atoms with Crippen LogP contribution in [0.2, 0.25) is 0 Å². The molecule has 1 heterocycles. The van der Waals surface area contributed by atoms with E-state index in [1.54, 1.807) is 6.20 Å². The van der Waals surface area contributed by atoms with E-state index >= 15 is 0 Å². The van der Waals surface area contributed by atoms with Gasteiger partial charge in [0.25, 0.3) is 0 Å². The SMILES string of the molecule is Cn1ccnc1CNC(=O)Nc1ccccc1. The Bertz CT molecular complexity index is 492. The summed E-state index contributed by atoms with van der Waals surface area (Å²) >= 11 is 0. The third-order valence-electron chi connectivity index (χ3n) is 2.36. The van der Waals surface area contributed by atoms with Crippen molar-refractivity contribution in [2.75, 3.05) is 5.32 Å². The van der Waals surface area contributed by atoms with E-state index in [1.165, 1.54) is 0 Å². The summed E-state index contributed by atoms with van der Waals surface area (Å²) in [6, 6.07) is 9.07. The molecule has 0 fully saturated rings. The highest BCUT2D eigenvalue weighted by atomic mass is 16.2. The molecule has 1 aromatic carbocycles. The molecule has 17 heavy (non-hydrogen) atoms. The van der Waals surface area contributed by atoms with Crippen molar-refractivity contribution in [1.29, 1.82) is 0 Å². The van der Waals surface area contributed by atoms with Crippen LogP contribution in [0.3, 0.4) is 0 Å². The lowest BCUT2D eigenvalue weighted by Gasteiger charge is -2.07. The lowest BCUT2D eigenvalue weighted by atomic mass is 10.3. The van der Waals surface area contributed by atoms with E-state index in [0.717, 1.165) is 11.5 Å². The zero-order chi connectivity index (χ0) is 12.1. The van der Waals surface area contributed by atoms with Crippen molar-refractivity contribution in [3.05, 3.63) is 48.5 Å². The van der Waals surface area contributed by atoms with Crippen molar-refractivity contribution >= 4 is 11.7 Å². The van der Waals surface area contributed by atoms with Gasteiger partial charge in [0.1, 0.15) is 5.82 Å². The molecule has 0 spiro atoms. The second kappa shape index (κ2) is 5.16. The van der Waals surface area contributed by atoms with Gasteiger partial charge in [-0.25, -0.2) is 9.78 Å². The normalized spacial score (nSPS) is 9.94. The molecule has 2 aromatic rings. The molecule has 0 aliphatic rings. The quantitative estimate of drug-likeness (QED) is 0.843. The molecule has 2 amide bonds. The number of amides is 2. The molecule has 88 valence electrons. The van der Waals surface area contributed by atoms with Crippen molar-refractivity contribution in [2.24, 2.45) is 7.05 Å². The monoisotopic (exact) mass is 230 g/mol. The van der Waals surface area contributed by atoms with Crippen LogP contribution in [-0.4, -0.2) is 15.6 Å². The van der Waals surface area contributed by atoms with E-state index in [1.807, 2.05) is 48.1 Å². The van der Waals surface area contributed by atoms with Crippen LogP contribution in [0.4, 0.5) is 10.5 Å². The maximum atomic E-state index is 11.6. The Labute approximate surface area is 99.5 Å². The van der Waals surface area contributed by atoms with Gasteiger partial charge in [-0.2, -0.15) is 0 Å². The minimum atomic E-state index is -0.237. The molecule has 0 aliphatic carbocycles. The summed E-state index contributed by atoms with van der Waals surface area (Å²) in [5.41, 5.74) is 0.768. The predicted molar refractivity (Wildman–Crippen MR) is 65.5 cm³/mol. The lowest BCUT2D eigenvalue weighted by molar-refractivity contribution is 0.251. The molecule has 0 radical (unpaired) electrons. The Hall–Kier alpha value is -2.30. The highest BCUT2D eigenvalue weighted by Crippen LogP contribution is 2.04. The molecule has 1 aromatic heterocycles. The molecule has 2 N–H and O–H groups in total. The van der Waals surface area contributed by atoms with Gasteiger partial charge in [0.15, 0.2) is 0 Å². The number of hydrogen-bond donors (Lipinski definition) is 2. The predicted octanol–water partition coefficient (Wildman–Crippen LogP) is 1.74. The molecule has 0 saturated carbocycles. The number of rotatable bonds is 3. The van der Waals surface area contributed by atoms with Crippen molar-refractivity contribution in [3.63, 3.8) is 0 Å². The first-order valence-corrected chi connectivity index (χ1v) is 5.32. The Morgan fingerprint density at radius 2 is 2.12 bits per heavy atom. The number of urea groups is 1. The fraction of sp³-hybridized carbons (Fsp3) is 0.167. The molecule has 2 rings (SSSR count). The van der Waals surface area contributed by atoms with Crippen LogP contribution in [0.25, 0.3) is 0 Å². The van der Waals surface area contributed by atoms with Crippen LogP contribution in [-0.2, 0) is 13.6 Å². The fourth-order valence-electron chi connectivity index (χ4n) is 1.42. The van der Waals surface area contributed by atoms with Gasteiger partial charge in [-0.1, -0.05) is 18.2 Å². The van der Waals surface area contributed by atoms with Crippen molar-refractivity contribution in [1.82, 2.24) is 14.9 Å². The van der Waals surface area contributed by atoms with Crippen molar-refractivity contribution < 1.29 is 4.79 Å². The van der Waals surface area contributed by atoms with E-state index in [4.69, 9.17) is 0 Å². The maximum absolute atomic E-state index is 11.6. The van der Waals surface area contributed by atoms with Gasteiger partial charge in [-0.3, -0.25) is 0 Å². The number of carbonyl (C=O) groups excluding carboxylic acids is 1. The minimum absolute atomic E-state index is 0.237. The first-order chi connectivity index (χ1) is 8.25. The van der Waals surface area contributed by atoms with Crippen molar-refractivity contribution in [3.8, 4) is 0 Å². The van der Waals surface area contributed by atoms with Crippen LogP contribution in [0, 0.1) is 0 Å². The maximum Gasteiger partial charge on any atom is 0.319 e. The third-order valence-corrected chi connectivity index (χ3v) is 2.36. The van der Waals surface area contributed by atoms with E-state index in [0.29, 0.717) is 6.54 Å². The van der Waals surface area contributed by atoms with Gasteiger partial charge in [-0.15, -0.1) is 0 Å². The standard InChI is InChI=1S/C12H14N4O/c1-16-8-7-13-11(16)9-14-12(17)15-10-5-3-2-4-6-10/h2-8H,9H2,1H3,(H2,14,15,17). The van der Waals surface area contributed by atoms with Gasteiger partial charge in [0, 0.05) is 25.1 Å². The van der Waals surface area contributed by atoms with Gasteiger partial charge < -0.3 is 15.2 Å². The number of imidazole rings is 1. The van der Waals surface area contributed by atoms with E-state index < -0.39 is 0 Å². The fourth-order valence-corrected chi connectivity index (χ4v) is 1.42. The van der Waals surface area contributed by atoms with Crippen LogP contribution < -0.4 is 10.6 Å². The van der Waals surface area contributed by atoms with Crippen LogP contribution in [0.15, 0.2) is 42.7 Å². The van der Waals surface area contributed by atoms with E-state index in [-0.39, 0.29) is 6.03 Å². The number of carbonyl (C=O) groups is 1. The zero-order valence-corrected chi connectivity index (χ0v) is 9.55. The summed E-state index contributed by atoms with van der Waals surface area (Å²) in [4.78, 5) is 15.7. The number of benzene rings is 1. The largest absolute Gasteiger partial charge is 0.337 e. The summed E-state index contributed by atoms with van der Waals surface area (Å²) in [5.74, 6) is 0.813. The average molecular weight is 230 g/mol. The Kier molecular flexibility index (Phi) is 3.40. The summed E-state index contributed by atoms with van der Waals surface area (Å²) in [6.07, 6.45) is 3.54. The van der Waals surface area contributed by atoms with Crippen LogP contribution >= 0.6 is 0 Å². The summed E-state index contributed by atoms with van der Waals surface area (Å²) in [7, 11) is 1.89. The van der Waals surface area contributed by atoms with Gasteiger partial charge in [0.05, 0.1) is 6.54 Å². The number of para-hydroxylation sites is 1. The molecule has 0 atom stereocenters. The van der Waals surface area contributed by atoms with Gasteiger partial charge >= 0.3 is 6.03 Å². The number of aryl methyl sites for hydroxylation is 1. The molecule has 0 aliphatic heterocycles. The molecular formula is C12H14N4O. The summed E-state index contributed by atoms with van der Waals surface area (Å²) in [6.45, 7) is 0.405. The molecule has 5 heteroatoms. The smallest absolute Gasteiger partial charge is 0.319 e. The summed E-state index contributed by atoms with van der Waals surface area (Å²) < 4.78 is 1.86. The van der Waals surface area contributed by atoms with Gasteiger partial charge in [-0.05, 0) is 12.1 Å². The molecule has 0 saturated heterocycles. The number of nitrogens with one attached hydrogen (secondary N) is 2. The van der Waals surface area contributed by atoms with Crippen molar-refractivity contribution in [2.45, 2.75) is 6.54 Å². The lowest BCUT2D eigenvalue weighted by Crippen LogP contribution is -2.29. The first-order valence-electron chi connectivity index (χ1n) is 5.32. The molecule has 5 nitrogen and oxygen atoms in total. The number of anilines is 1. The topological polar surface area (TPSA) is 59.0 Å². The molecule has 0 unspecified atom stereocenters. The minimum Gasteiger partial charge on any atom is -0.337 e. The summed E-state index contributed by atoms with van der Waals surface area (Å²) in [5, 5.41) is 5.48. The second-order valence-corrected chi connectivity index (χ2v) is 3.63. The first kappa shape index (κ1) is 11.2. The van der Waals surface area contributed by atoms with Crippen LogP contribution in [0.5, 0.6) is 0 Å². The number of aromatic nitrogens is 2. The highest BCUT2D eigenvalue weighted by Gasteiger charge is 2.03. The Balaban J connectivity index is 1.84. The average Bonchev–Trinajstić information content (AvgIpc) is 2.74. The Morgan fingerprint density at radius 3 is 2.76 bits per heavy atom. The molecule has 0 bridgehead atoms. The highest BCUT2D eigenvalue weighted by molar-refractivity contribution is 5.89.